The molecule has 0 saturated carbocycles. The molecule has 3 atom stereocenters. The van der Waals surface area contributed by atoms with Crippen molar-refractivity contribution < 1.29 is 9.53 Å². The second-order valence-corrected chi connectivity index (χ2v) is 8.27. The quantitative estimate of drug-likeness (QED) is 0.515. The molecule has 2 aliphatic heterocycles. The predicted octanol–water partition coefficient (Wildman–Crippen LogP) is 3.06. The van der Waals surface area contributed by atoms with E-state index < -0.39 is 0 Å². The molecule has 2 aliphatic rings. The molecule has 0 radical (unpaired) electrons. The maximum Gasteiger partial charge on any atom is 0.255 e. The third-order valence-electron chi connectivity index (χ3n) is 5.64. The Kier molecular flexibility index (Phi) is 10.1. The molecule has 1 aromatic rings. The normalized spacial score (nSPS) is 24.4. The van der Waals surface area contributed by atoms with Crippen molar-refractivity contribution in [2.75, 3.05) is 32.9 Å². The second kappa shape index (κ2) is 11.3. The van der Waals surface area contributed by atoms with Gasteiger partial charge in [-0.1, -0.05) is 17.5 Å². The third kappa shape index (κ3) is 6.09. The molecule has 9 heteroatoms. The van der Waals surface area contributed by atoms with Crippen molar-refractivity contribution in [2.45, 2.75) is 50.9 Å². The van der Waals surface area contributed by atoms with E-state index in [1.54, 1.807) is 19.1 Å². The van der Waals surface area contributed by atoms with Gasteiger partial charge in [0.15, 0.2) is 6.10 Å². The van der Waals surface area contributed by atoms with Gasteiger partial charge in [-0.3, -0.25) is 9.69 Å². The molecule has 2 saturated heterocycles. The summed E-state index contributed by atoms with van der Waals surface area (Å²) in [5.41, 5.74) is 6.69. The van der Waals surface area contributed by atoms with Crippen LogP contribution < -0.4 is 15.8 Å². The average Bonchev–Trinajstić information content (AvgIpc) is 2.60. The summed E-state index contributed by atoms with van der Waals surface area (Å²) in [4.78, 5) is 17.9. The monoisotopic (exact) mass is 476 g/mol. The van der Waals surface area contributed by atoms with E-state index in [0.717, 1.165) is 25.9 Å². The number of nitrogens with two attached hydrogens (primary N) is 1. The first-order valence-corrected chi connectivity index (χ1v) is 10.1. The van der Waals surface area contributed by atoms with E-state index in [2.05, 4.69) is 41.1 Å². The van der Waals surface area contributed by atoms with Gasteiger partial charge in [0.25, 0.3) is 5.91 Å². The summed E-state index contributed by atoms with van der Waals surface area (Å²) < 4.78 is 5.85. The van der Waals surface area contributed by atoms with Gasteiger partial charge >= 0.3 is 0 Å². The maximum atomic E-state index is 13.1. The predicted molar refractivity (Wildman–Crippen MR) is 127 cm³/mol. The van der Waals surface area contributed by atoms with Crippen LogP contribution in [-0.2, 0) is 0 Å². The Balaban J connectivity index is 0.00000225. The number of rotatable bonds is 4. The molecule has 6 nitrogen and oxygen atoms in total. The van der Waals surface area contributed by atoms with Crippen LogP contribution in [0.2, 0.25) is 5.02 Å². The second-order valence-electron chi connectivity index (χ2n) is 7.86. The van der Waals surface area contributed by atoms with E-state index >= 15 is 0 Å². The smallest absolute Gasteiger partial charge is 0.255 e. The van der Waals surface area contributed by atoms with Crippen molar-refractivity contribution in [1.29, 1.82) is 0 Å². The molecule has 3 N–H and O–H groups in total. The molecule has 168 valence electrons. The lowest BCUT2D eigenvalue weighted by Crippen LogP contribution is -2.63. The van der Waals surface area contributed by atoms with Gasteiger partial charge in [0, 0.05) is 37.3 Å². The van der Waals surface area contributed by atoms with E-state index in [4.69, 9.17) is 22.1 Å². The van der Waals surface area contributed by atoms with Gasteiger partial charge in [0.05, 0.1) is 16.3 Å². The van der Waals surface area contributed by atoms with Gasteiger partial charge in [-0.05, 0) is 46.9 Å². The number of carbonyl (C=O) groups is 1. The van der Waals surface area contributed by atoms with Crippen LogP contribution in [0.15, 0.2) is 12.1 Å². The van der Waals surface area contributed by atoms with Crippen molar-refractivity contribution >= 4 is 48.0 Å². The first-order valence-electron chi connectivity index (χ1n) is 9.67. The number of likely N-dealkylation sites (N-methyl/N-ethyl adjacent to an activating group) is 2. The highest BCUT2D eigenvalue weighted by Gasteiger charge is 2.38. The van der Waals surface area contributed by atoms with Crippen LogP contribution >= 0.6 is 36.4 Å². The van der Waals surface area contributed by atoms with Crippen LogP contribution in [0, 0.1) is 11.8 Å². The molecular formula is C21H31Cl3N4O2. The number of piperazine rings is 1. The Morgan fingerprint density at radius 3 is 2.43 bits per heavy atom. The number of fused-ring (bicyclic) bond motifs is 2. The van der Waals surface area contributed by atoms with E-state index in [1.807, 2.05) is 6.92 Å². The minimum atomic E-state index is -0.352. The zero-order valence-electron chi connectivity index (χ0n) is 17.8. The molecule has 2 fully saturated rings. The summed E-state index contributed by atoms with van der Waals surface area (Å²) in [5, 5.41) is 3.53. The number of likely N-dealkylation sites (tertiary alicyclic amines) is 1. The van der Waals surface area contributed by atoms with Crippen molar-refractivity contribution in [1.82, 2.24) is 15.1 Å². The summed E-state index contributed by atoms with van der Waals surface area (Å²) in [7, 11) is 4.34. The first kappa shape index (κ1) is 26.7. The number of piperidine rings is 1. The number of carbonyl (C=O) groups excluding carboxylic acids is 1. The summed E-state index contributed by atoms with van der Waals surface area (Å²) >= 11 is 6.18. The minimum absolute atomic E-state index is 0. The summed E-state index contributed by atoms with van der Waals surface area (Å²) in [6, 6.07) is 4.21. The number of hydrogen-bond donors (Lipinski definition) is 2. The topological polar surface area (TPSA) is 70.8 Å². The SMILES string of the molecule is CC#CC(C)Oc1cc(N)c(Cl)cc1C(=O)NC1CC2CN(C)CC(C1)N2C.Cl.Cl. The number of anilines is 1. The minimum Gasteiger partial charge on any atom is -0.477 e. The number of ether oxygens (including phenoxy) is 1. The summed E-state index contributed by atoms with van der Waals surface area (Å²) in [6.07, 6.45) is 1.51. The molecule has 30 heavy (non-hydrogen) atoms. The van der Waals surface area contributed by atoms with Crippen molar-refractivity contribution in [3.05, 3.63) is 22.7 Å². The van der Waals surface area contributed by atoms with Crippen LogP contribution in [0.3, 0.4) is 0 Å². The first-order chi connectivity index (χ1) is 13.3. The Bertz CT molecular complexity index is 795. The van der Waals surface area contributed by atoms with Crippen molar-refractivity contribution in [3.63, 3.8) is 0 Å². The highest BCUT2D eigenvalue weighted by molar-refractivity contribution is 6.33. The fourth-order valence-electron chi connectivity index (χ4n) is 4.23. The standard InChI is InChI=1S/C21H29ClN4O2.2ClH/c1-5-6-13(2)28-20-10-19(23)18(22)9-17(20)21(27)24-14-7-15-11-25(3)12-16(8-14)26(15)4;;/h9-10,13-16H,7-8,11-12,23H2,1-4H3,(H,24,27);2*1H. The molecule has 2 heterocycles. The Morgan fingerprint density at radius 1 is 1.27 bits per heavy atom. The van der Waals surface area contributed by atoms with Gasteiger partial charge < -0.3 is 20.7 Å². The molecule has 2 bridgehead atoms. The number of hydrogen-bond acceptors (Lipinski definition) is 5. The molecule has 3 rings (SSSR count). The van der Waals surface area contributed by atoms with E-state index in [0.29, 0.717) is 34.1 Å². The number of amides is 1. The van der Waals surface area contributed by atoms with E-state index in [-0.39, 0.29) is 42.9 Å². The maximum absolute atomic E-state index is 13.1. The van der Waals surface area contributed by atoms with Gasteiger partial charge in [0.1, 0.15) is 5.75 Å². The molecule has 0 aromatic heterocycles. The number of benzene rings is 1. The van der Waals surface area contributed by atoms with Crippen molar-refractivity contribution in [3.8, 4) is 17.6 Å². The highest BCUT2D eigenvalue weighted by Crippen LogP contribution is 2.31. The van der Waals surface area contributed by atoms with Gasteiger partial charge in [0.2, 0.25) is 0 Å². The molecule has 1 aromatic carbocycles. The zero-order chi connectivity index (χ0) is 20.4. The van der Waals surface area contributed by atoms with Crippen LogP contribution in [0.1, 0.15) is 37.0 Å². The lowest BCUT2D eigenvalue weighted by Gasteiger charge is -2.50. The molecule has 3 unspecified atom stereocenters. The third-order valence-corrected chi connectivity index (χ3v) is 5.97. The zero-order valence-corrected chi connectivity index (χ0v) is 20.2. The molecule has 1 amide bonds. The Labute approximate surface area is 196 Å². The van der Waals surface area contributed by atoms with Gasteiger partial charge in [-0.25, -0.2) is 0 Å². The summed E-state index contributed by atoms with van der Waals surface area (Å²) in [6.45, 7) is 5.62. The molecule has 0 aliphatic carbocycles. The Morgan fingerprint density at radius 2 is 1.87 bits per heavy atom. The van der Waals surface area contributed by atoms with Crippen LogP contribution in [0.5, 0.6) is 5.75 Å². The number of nitrogens with one attached hydrogen (secondary N) is 1. The van der Waals surface area contributed by atoms with Crippen LogP contribution in [0.4, 0.5) is 5.69 Å². The molecule has 0 spiro atoms. The lowest BCUT2D eigenvalue weighted by atomic mass is 9.88. The number of nitrogen functional groups attached to an aromatic ring is 1. The Hall–Kier alpha value is -1.36. The largest absolute Gasteiger partial charge is 0.477 e. The summed E-state index contributed by atoms with van der Waals surface area (Å²) in [5.74, 6) is 5.96. The fraction of sp³-hybridized carbons (Fsp3) is 0.571. The van der Waals surface area contributed by atoms with Crippen LogP contribution in [0.25, 0.3) is 0 Å². The van der Waals surface area contributed by atoms with Crippen LogP contribution in [-0.4, -0.2) is 67.1 Å². The lowest BCUT2D eigenvalue weighted by molar-refractivity contribution is 0.00838. The molecular weight excluding hydrogens is 447 g/mol. The van der Waals surface area contributed by atoms with Gasteiger partial charge in [-0.2, -0.15) is 0 Å². The van der Waals surface area contributed by atoms with Gasteiger partial charge in [-0.15, -0.1) is 30.7 Å². The number of nitrogens with zero attached hydrogens (tertiary/aromatic N) is 2. The van der Waals surface area contributed by atoms with E-state index in [1.165, 1.54) is 0 Å². The van der Waals surface area contributed by atoms with Crippen molar-refractivity contribution in [2.24, 2.45) is 0 Å². The number of halogens is 3. The van der Waals surface area contributed by atoms with E-state index in [9.17, 15) is 4.79 Å². The highest BCUT2D eigenvalue weighted by atomic mass is 35.5. The fourth-order valence-corrected chi connectivity index (χ4v) is 4.40. The average molecular weight is 478 g/mol.